The third-order valence-corrected chi connectivity index (χ3v) is 4.06. The van der Waals surface area contributed by atoms with Crippen molar-refractivity contribution in [2.75, 3.05) is 18.0 Å². The van der Waals surface area contributed by atoms with Crippen molar-refractivity contribution in [2.45, 2.75) is 25.5 Å². The van der Waals surface area contributed by atoms with E-state index >= 15 is 0 Å². The number of rotatable bonds is 2. The number of aliphatic hydroxyl groups is 1. The number of pyridine rings is 1. The molecule has 0 saturated carbocycles. The van der Waals surface area contributed by atoms with Crippen molar-refractivity contribution in [1.29, 1.82) is 0 Å². The molecule has 3 N–H and O–H groups in total. The van der Waals surface area contributed by atoms with Gasteiger partial charge in [0.05, 0.1) is 16.6 Å². The molecule has 0 spiro atoms. The molecular formula is C15H18ClN3O. The van der Waals surface area contributed by atoms with Crippen LogP contribution in [-0.4, -0.2) is 29.3 Å². The molecule has 106 valence electrons. The zero-order chi connectivity index (χ0) is 14.3. The van der Waals surface area contributed by atoms with E-state index in [2.05, 4.69) is 11.0 Å². The van der Waals surface area contributed by atoms with Gasteiger partial charge in [0.25, 0.3) is 0 Å². The van der Waals surface area contributed by atoms with Gasteiger partial charge in [-0.1, -0.05) is 23.7 Å². The van der Waals surface area contributed by atoms with E-state index in [1.54, 1.807) is 0 Å². The Labute approximate surface area is 123 Å². The van der Waals surface area contributed by atoms with E-state index in [1.165, 1.54) is 0 Å². The van der Waals surface area contributed by atoms with Crippen molar-refractivity contribution in [3.8, 4) is 0 Å². The molecule has 1 aliphatic heterocycles. The number of aliphatic hydroxyl groups excluding tert-OH is 1. The van der Waals surface area contributed by atoms with Crippen LogP contribution in [0.4, 0.5) is 5.82 Å². The zero-order valence-electron chi connectivity index (χ0n) is 11.4. The molecule has 5 heteroatoms. The van der Waals surface area contributed by atoms with Crippen molar-refractivity contribution in [3.05, 3.63) is 34.9 Å². The van der Waals surface area contributed by atoms with Gasteiger partial charge < -0.3 is 15.7 Å². The van der Waals surface area contributed by atoms with Crippen LogP contribution in [0.2, 0.25) is 5.02 Å². The van der Waals surface area contributed by atoms with E-state index in [4.69, 9.17) is 22.3 Å². The van der Waals surface area contributed by atoms with Crippen LogP contribution in [0, 0.1) is 0 Å². The van der Waals surface area contributed by atoms with Crippen molar-refractivity contribution in [2.24, 2.45) is 5.73 Å². The average Bonchev–Trinajstić information content (AvgIpc) is 2.84. The molecule has 1 saturated heterocycles. The molecule has 1 aliphatic rings. The topological polar surface area (TPSA) is 62.4 Å². The standard InChI is InChI=1S/C15H18ClN3O/c1-9(17)12-7-10-3-2-4-13(16)14(10)18-15(12)19-6-5-11(20)8-19/h2-4,7,9,11,20H,5-6,8,17H2,1H3/t9-,11+/m0/s1. The van der Waals surface area contributed by atoms with E-state index in [0.29, 0.717) is 11.6 Å². The minimum atomic E-state index is -0.292. The first kappa shape index (κ1) is 13.6. The van der Waals surface area contributed by atoms with Gasteiger partial charge in [0.15, 0.2) is 0 Å². The Hall–Kier alpha value is -1.36. The van der Waals surface area contributed by atoms with Crippen LogP contribution in [-0.2, 0) is 0 Å². The van der Waals surface area contributed by atoms with Crippen molar-refractivity contribution >= 4 is 28.3 Å². The van der Waals surface area contributed by atoms with Crippen LogP contribution in [0.3, 0.4) is 0 Å². The first-order valence-corrected chi connectivity index (χ1v) is 7.22. The number of aromatic nitrogens is 1. The van der Waals surface area contributed by atoms with Crippen LogP contribution in [0.25, 0.3) is 10.9 Å². The Morgan fingerprint density at radius 3 is 2.95 bits per heavy atom. The summed E-state index contributed by atoms with van der Waals surface area (Å²) >= 11 is 6.23. The van der Waals surface area contributed by atoms with Crippen LogP contribution in [0.15, 0.2) is 24.3 Å². The number of fused-ring (bicyclic) bond motifs is 1. The smallest absolute Gasteiger partial charge is 0.134 e. The Balaban J connectivity index is 2.17. The second-order valence-corrected chi connectivity index (χ2v) is 5.80. The van der Waals surface area contributed by atoms with Gasteiger partial charge in [0.2, 0.25) is 0 Å². The molecule has 1 fully saturated rings. The highest BCUT2D eigenvalue weighted by molar-refractivity contribution is 6.35. The predicted molar refractivity (Wildman–Crippen MR) is 82.2 cm³/mol. The molecule has 0 radical (unpaired) electrons. The lowest BCUT2D eigenvalue weighted by Gasteiger charge is -2.22. The van der Waals surface area contributed by atoms with Gasteiger partial charge in [-0.3, -0.25) is 0 Å². The van der Waals surface area contributed by atoms with Crippen LogP contribution >= 0.6 is 11.6 Å². The summed E-state index contributed by atoms with van der Waals surface area (Å²) < 4.78 is 0. The van der Waals surface area contributed by atoms with E-state index < -0.39 is 0 Å². The van der Waals surface area contributed by atoms with Gasteiger partial charge in [0, 0.05) is 30.1 Å². The average molecular weight is 292 g/mol. The second kappa shape index (κ2) is 5.20. The number of halogens is 1. The number of β-amino-alcohol motifs (C(OH)–C–C–N with tert-alkyl or cyclic N) is 1. The van der Waals surface area contributed by atoms with Crippen LogP contribution in [0.5, 0.6) is 0 Å². The summed E-state index contributed by atoms with van der Waals surface area (Å²) in [4.78, 5) is 6.80. The predicted octanol–water partition coefficient (Wildman–Crippen LogP) is 2.48. The van der Waals surface area contributed by atoms with Crippen molar-refractivity contribution in [1.82, 2.24) is 4.98 Å². The lowest BCUT2D eigenvalue weighted by molar-refractivity contribution is 0.198. The van der Waals surface area contributed by atoms with Crippen molar-refractivity contribution < 1.29 is 5.11 Å². The number of para-hydroxylation sites is 1. The summed E-state index contributed by atoms with van der Waals surface area (Å²) in [6.07, 6.45) is 0.473. The molecule has 1 aromatic carbocycles. The fourth-order valence-electron chi connectivity index (χ4n) is 2.69. The Morgan fingerprint density at radius 2 is 2.30 bits per heavy atom. The Morgan fingerprint density at radius 1 is 1.50 bits per heavy atom. The molecule has 2 aromatic rings. The van der Waals surface area contributed by atoms with E-state index in [-0.39, 0.29) is 12.1 Å². The first-order valence-electron chi connectivity index (χ1n) is 6.84. The van der Waals surface area contributed by atoms with Gasteiger partial charge in [0.1, 0.15) is 5.82 Å². The normalized spacial score (nSPS) is 20.6. The first-order chi connectivity index (χ1) is 9.56. The van der Waals surface area contributed by atoms with Crippen LogP contribution in [0.1, 0.15) is 24.9 Å². The molecule has 1 aromatic heterocycles. The number of nitrogens with zero attached hydrogens (tertiary/aromatic N) is 2. The highest BCUT2D eigenvalue weighted by atomic mass is 35.5. The second-order valence-electron chi connectivity index (χ2n) is 5.39. The number of benzene rings is 1. The van der Waals surface area contributed by atoms with Gasteiger partial charge in [-0.05, 0) is 25.5 Å². The summed E-state index contributed by atoms with van der Waals surface area (Å²) in [5.41, 5.74) is 7.87. The number of hydrogen-bond donors (Lipinski definition) is 2. The van der Waals surface area contributed by atoms with E-state index in [1.807, 2.05) is 25.1 Å². The molecule has 0 unspecified atom stereocenters. The number of anilines is 1. The Bertz CT molecular complexity index is 644. The third-order valence-electron chi connectivity index (χ3n) is 3.76. The van der Waals surface area contributed by atoms with Gasteiger partial charge in [-0.25, -0.2) is 4.98 Å². The van der Waals surface area contributed by atoms with Crippen LogP contribution < -0.4 is 10.6 Å². The lowest BCUT2D eigenvalue weighted by Crippen LogP contribution is -2.25. The maximum atomic E-state index is 9.73. The summed E-state index contributed by atoms with van der Waals surface area (Å²) in [6, 6.07) is 7.68. The summed E-state index contributed by atoms with van der Waals surface area (Å²) in [6.45, 7) is 3.34. The zero-order valence-corrected chi connectivity index (χ0v) is 12.1. The van der Waals surface area contributed by atoms with Gasteiger partial charge in [-0.2, -0.15) is 0 Å². The molecule has 0 bridgehead atoms. The van der Waals surface area contributed by atoms with Crippen molar-refractivity contribution in [3.63, 3.8) is 0 Å². The minimum Gasteiger partial charge on any atom is -0.391 e. The highest BCUT2D eigenvalue weighted by Crippen LogP contribution is 2.32. The lowest BCUT2D eigenvalue weighted by atomic mass is 10.1. The third kappa shape index (κ3) is 2.35. The fraction of sp³-hybridized carbons (Fsp3) is 0.400. The minimum absolute atomic E-state index is 0.112. The molecular weight excluding hydrogens is 274 g/mol. The largest absolute Gasteiger partial charge is 0.391 e. The Kier molecular flexibility index (Phi) is 3.54. The molecule has 3 rings (SSSR count). The molecule has 0 amide bonds. The SMILES string of the molecule is C[C@H](N)c1cc2cccc(Cl)c2nc1N1CC[C@@H](O)C1. The monoisotopic (exact) mass is 291 g/mol. The molecule has 0 aliphatic carbocycles. The maximum Gasteiger partial charge on any atom is 0.134 e. The maximum absolute atomic E-state index is 9.73. The molecule has 4 nitrogen and oxygen atoms in total. The summed E-state index contributed by atoms with van der Waals surface area (Å²) in [5.74, 6) is 0.845. The fourth-order valence-corrected chi connectivity index (χ4v) is 2.92. The summed E-state index contributed by atoms with van der Waals surface area (Å²) in [7, 11) is 0. The van der Waals surface area contributed by atoms with E-state index in [9.17, 15) is 5.11 Å². The number of nitrogens with two attached hydrogens (primary N) is 1. The quantitative estimate of drug-likeness (QED) is 0.892. The summed E-state index contributed by atoms with van der Waals surface area (Å²) in [5, 5.41) is 11.4. The van der Waals surface area contributed by atoms with Gasteiger partial charge >= 0.3 is 0 Å². The molecule has 2 atom stereocenters. The molecule has 20 heavy (non-hydrogen) atoms. The number of hydrogen-bond acceptors (Lipinski definition) is 4. The van der Waals surface area contributed by atoms with Gasteiger partial charge in [-0.15, -0.1) is 0 Å². The van der Waals surface area contributed by atoms with E-state index in [0.717, 1.165) is 35.2 Å². The molecule has 2 heterocycles. The highest BCUT2D eigenvalue weighted by Gasteiger charge is 2.25.